The number of aromatic nitrogens is 3. The van der Waals surface area contributed by atoms with Gasteiger partial charge in [-0.1, -0.05) is 19.3 Å². The summed E-state index contributed by atoms with van der Waals surface area (Å²) in [6.07, 6.45) is 7.75. The second kappa shape index (κ2) is 4.47. The lowest BCUT2D eigenvalue weighted by Crippen LogP contribution is -2.17. The maximum absolute atomic E-state index is 5.69. The first-order chi connectivity index (χ1) is 8.31. The normalized spacial score (nSPS) is 20.0. The van der Waals surface area contributed by atoms with Crippen LogP contribution in [0.3, 0.4) is 0 Å². The molecule has 1 aromatic rings. The third kappa shape index (κ3) is 2.65. The average molecular weight is 233 g/mol. The molecule has 2 aliphatic carbocycles. The van der Waals surface area contributed by atoms with Crippen LogP contribution in [0.4, 0.5) is 11.9 Å². The number of hydrogen-bond donors (Lipinski definition) is 2. The van der Waals surface area contributed by atoms with Crippen molar-refractivity contribution in [2.75, 3.05) is 17.6 Å². The van der Waals surface area contributed by atoms with Crippen LogP contribution >= 0.6 is 0 Å². The second-order valence-electron chi connectivity index (χ2n) is 5.16. The maximum atomic E-state index is 5.69. The molecule has 0 saturated heterocycles. The second-order valence-corrected chi connectivity index (χ2v) is 5.16. The third-order valence-electron chi connectivity index (χ3n) is 3.67. The van der Waals surface area contributed by atoms with Crippen molar-refractivity contribution in [1.82, 2.24) is 15.0 Å². The van der Waals surface area contributed by atoms with Gasteiger partial charge in [-0.3, -0.25) is 0 Å². The fourth-order valence-electron chi connectivity index (χ4n) is 2.18. The molecule has 0 unspecified atom stereocenters. The minimum absolute atomic E-state index is 0.341. The van der Waals surface area contributed by atoms with Crippen molar-refractivity contribution >= 4 is 11.9 Å². The molecular weight excluding hydrogens is 214 g/mol. The van der Waals surface area contributed by atoms with Gasteiger partial charge in [0.05, 0.1) is 0 Å². The highest BCUT2D eigenvalue weighted by molar-refractivity contribution is 5.32. The fourth-order valence-corrected chi connectivity index (χ4v) is 2.18. The lowest BCUT2D eigenvalue weighted by molar-refractivity contribution is 0.303. The lowest BCUT2D eigenvalue weighted by atomic mass is 9.83. The summed E-state index contributed by atoms with van der Waals surface area (Å²) in [4.78, 5) is 12.7. The molecule has 5 heteroatoms. The van der Waals surface area contributed by atoms with Crippen LogP contribution in [0.25, 0.3) is 0 Å². The van der Waals surface area contributed by atoms with Gasteiger partial charge in [0, 0.05) is 12.5 Å². The Balaban J connectivity index is 1.57. The number of nitrogen functional groups attached to an aromatic ring is 1. The molecule has 0 spiro atoms. The number of rotatable bonds is 5. The molecule has 3 N–H and O–H groups in total. The van der Waals surface area contributed by atoms with Crippen LogP contribution in [0, 0.1) is 5.92 Å². The Hall–Kier alpha value is -1.39. The first-order valence-electron chi connectivity index (χ1n) is 6.56. The molecule has 2 saturated carbocycles. The van der Waals surface area contributed by atoms with Crippen LogP contribution in [0.2, 0.25) is 0 Å². The molecule has 0 atom stereocenters. The molecule has 0 bridgehead atoms. The zero-order valence-corrected chi connectivity index (χ0v) is 10.0. The van der Waals surface area contributed by atoms with Gasteiger partial charge >= 0.3 is 0 Å². The average Bonchev–Trinajstić information content (AvgIpc) is 3.04. The van der Waals surface area contributed by atoms with E-state index in [0.29, 0.717) is 17.8 Å². The van der Waals surface area contributed by atoms with Gasteiger partial charge in [0.1, 0.15) is 5.82 Å². The van der Waals surface area contributed by atoms with E-state index < -0.39 is 0 Å². The summed E-state index contributed by atoms with van der Waals surface area (Å²) in [6, 6.07) is 0. The predicted molar refractivity (Wildman–Crippen MR) is 66.7 cm³/mol. The van der Waals surface area contributed by atoms with Gasteiger partial charge in [0.15, 0.2) is 0 Å². The molecule has 2 aliphatic rings. The Labute approximate surface area is 101 Å². The van der Waals surface area contributed by atoms with E-state index in [1.807, 2.05) is 0 Å². The Kier molecular flexibility index (Phi) is 2.82. The Morgan fingerprint density at radius 1 is 1.12 bits per heavy atom. The Morgan fingerprint density at radius 2 is 1.94 bits per heavy atom. The third-order valence-corrected chi connectivity index (χ3v) is 3.67. The van der Waals surface area contributed by atoms with Crippen LogP contribution in [-0.2, 0) is 0 Å². The summed E-state index contributed by atoms with van der Waals surface area (Å²) >= 11 is 0. The lowest BCUT2D eigenvalue weighted by Gasteiger charge is -2.25. The van der Waals surface area contributed by atoms with Gasteiger partial charge in [-0.2, -0.15) is 15.0 Å². The van der Waals surface area contributed by atoms with Crippen LogP contribution < -0.4 is 11.1 Å². The van der Waals surface area contributed by atoms with Gasteiger partial charge in [-0.15, -0.1) is 0 Å². The van der Waals surface area contributed by atoms with E-state index in [1.165, 1.54) is 38.5 Å². The van der Waals surface area contributed by atoms with Crippen molar-refractivity contribution < 1.29 is 0 Å². The van der Waals surface area contributed by atoms with Crippen molar-refractivity contribution in [3.8, 4) is 0 Å². The highest BCUT2D eigenvalue weighted by Crippen LogP contribution is 2.38. The molecule has 0 radical (unpaired) electrons. The molecule has 17 heavy (non-hydrogen) atoms. The SMILES string of the molecule is Nc1nc(NCCC2CCC2)nc(C2CC2)n1. The standard InChI is InChI=1S/C12H19N5/c13-11-15-10(9-4-5-9)16-12(17-11)14-7-6-8-2-1-3-8/h8-9H,1-7H2,(H3,13,14,15,16,17). The topological polar surface area (TPSA) is 76.7 Å². The molecule has 0 amide bonds. The van der Waals surface area contributed by atoms with E-state index in [1.54, 1.807) is 0 Å². The van der Waals surface area contributed by atoms with Gasteiger partial charge in [0.25, 0.3) is 0 Å². The monoisotopic (exact) mass is 233 g/mol. The molecule has 3 rings (SSSR count). The fraction of sp³-hybridized carbons (Fsp3) is 0.750. The largest absolute Gasteiger partial charge is 0.368 e. The zero-order valence-electron chi connectivity index (χ0n) is 10.0. The predicted octanol–water partition coefficient (Wildman–Crippen LogP) is 1.93. The zero-order chi connectivity index (χ0) is 11.7. The highest BCUT2D eigenvalue weighted by atomic mass is 15.2. The van der Waals surface area contributed by atoms with E-state index in [9.17, 15) is 0 Å². The summed E-state index contributed by atoms with van der Waals surface area (Å²) in [6.45, 7) is 0.943. The van der Waals surface area contributed by atoms with Gasteiger partial charge in [0.2, 0.25) is 11.9 Å². The van der Waals surface area contributed by atoms with E-state index in [-0.39, 0.29) is 0 Å². The molecule has 0 aliphatic heterocycles. The maximum Gasteiger partial charge on any atom is 0.227 e. The van der Waals surface area contributed by atoms with Crippen molar-refractivity contribution in [3.63, 3.8) is 0 Å². The van der Waals surface area contributed by atoms with Gasteiger partial charge in [-0.25, -0.2) is 0 Å². The molecule has 0 aromatic carbocycles. The number of nitrogens with two attached hydrogens (primary N) is 1. The summed E-state index contributed by atoms with van der Waals surface area (Å²) < 4.78 is 0. The number of hydrogen-bond acceptors (Lipinski definition) is 5. The van der Waals surface area contributed by atoms with Crippen molar-refractivity contribution in [2.45, 2.75) is 44.4 Å². The molecule has 5 nitrogen and oxygen atoms in total. The summed E-state index contributed by atoms with van der Waals surface area (Å²) in [5, 5.41) is 3.27. The van der Waals surface area contributed by atoms with E-state index in [2.05, 4.69) is 20.3 Å². The molecule has 1 aromatic heterocycles. The quantitative estimate of drug-likeness (QED) is 0.812. The van der Waals surface area contributed by atoms with Crippen LogP contribution in [0.5, 0.6) is 0 Å². The summed E-state index contributed by atoms with van der Waals surface area (Å²) in [7, 11) is 0. The van der Waals surface area contributed by atoms with E-state index in [4.69, 9.17) is 5.73 Å². The smallest absolute Gasteiger partial charge is 0.227 e. The van der Waals surface area contributed by atoms with Gasteiger partial charge < -0.3 is 11.1 Å². The number of nitrogens with one attached hydrogen (secondary N) is 1. The van der Waals surface area contributed by atoms with Crippen molar-refractivity contribution in [2.24, 2.45) is 5.92 Å². The molecule has 92 valence electrons. The first-order valence-corrected chi connectivity index (χ1v) is 6.56. The van der Waals surface area contributed by atoms with Crippen LogP contribution in [-0.4, -0.2) is 21.5 Å². The van der Waals surface area contributed by atoms with Gasteiger partial charge in [-0.05, 0) is 25.2 Å². The molecular formula is C12H19N5. The summed E-state index contributed by atoms with van der Waals surface area (Å²) in [5.74, 6) is 3.28. The molecule has 1 heterocycles. The molecule has 2 fully saturated rings. The Morgan fingerprint density at radius 3 is 2.59 bits per heavy atom. The minimum atomic E-state index is 0.341. The number of nitrogens with zero attached hydrogens (tertiary/aromatic N) is 3. The van der Waals surface area contributed by atoms with E-state index in [0.717, 1.165) is 18.3 Å². The van der Waals surface area contributed by atoms with Crippen molar-refractivity contribution in [3.05, 3.63) is 5.82 Å². The number of anilines is 2. The van der Waals surface area contributed by atoms with Crippen LogP contribution in [0.15, 0.2) is 0 Å². The summed E-state index contributed by atoms with van der Waals surface area (Å²) in [5.41, 5.74) is 5.69. The first kappa shape index (κ1) is 10.7. The highest BCUT2D eigenvalue weighted by Gasteiger charge is 2.27. The minimum Gasteiger partial charge on any atom is -0.368 e. The van der Waals surface area contributed by atoms with Crippen molar-refractivity contribution in [1.29, 1.82) is 0 Å². The van der Waals surface area contributed by atoms with E-state index >= 15 is 0 Å². The Bertz CT molecular complexity index is 398. The van der Waals surface area contributed by atoms with Crippen LogP contribution in [0.1, 0.15) is 50.3 Å².